The van der Waals surface area contributed by atoms with E-state index in [4.69, 9.17) is 9.47 Å². The van der Waals surface area contributed by atoms with Crippen LogP contribution in [-0.2, 0) is 16.1 Å². The fourth-order valence-corrected chi connectivity index (χ4v) is 3.69. The summed E-state index contributed by atoms with van der Waals surface area (Å²) in [5.41, 5.74) is 4.69. The molecule has 1 aliphatic rings. The molecule has 3 aromatic rings. The Kier molecular flexibility index (Phi) is 7.20. The predicted octanol–water partition coefficient (Wildman–Crippen LogP) is 4.39. The molecule has 0 atom stereocenters. The van der Waals surface area contributed by atoms with Gasteiger partial charge in [0.25, 0.3) is 5.91 Å². The van der Waals surface area contributed by atoms with E-state index in [9.17, 15) is 4.79 Å². The lowest BCUT2D eigenvalue weighted by Gasteiger charge is -2.28. The van der Waals surface area contributed by atoms with Crippen molar-refractivity contribution in [2.75, 3.05) is 38.3 Å². The second kappa shape index (κ2) is 10.6. The molecular formula is C27H28N2O3. The van der Waals surface area contributed by atoms with E-state index in [1.54, 1.807) is 7.11 Å². The maximum Gasteiger partial charge on any atom is 0.252 e. The van der Waals surface area contributed by atoms with Crippen LogP contribution < -0.4 is 15.0 Å². The van der Waals surface area contributed by atoms with Gasteiger partial charge < -0.3 is 19.7 Å². The molecule has 1 amide bonds. The van der Waals surface area contributed by atoms with Gasteiger partial charge in [-0.25, -0.2) is 0 Å². The van der Waals surface area contributed by atoms with E-state index in [-0.39, 0.29) is 5.91 Å². The number of hydrogen-bond donors (Lipinski definition) is 1. The number of rotatable bonds is 7. The lowest BCUT2D eigenvalue weighted by Crippen LogP contribution is -2.36. The summed E-state index contributed by atoms with van der Waals surface area (Å²) in [5.74, 6) is 0.678. The second-order valence-electron chi connectivity index (χ2n) is 7.65. The summed E-state index contributed by atoms with van der Waals surface area (Å²) in [5, 5.41) is 3.07. The van der Waals surface area contributed by atoms with Crippen LogP contribution in [0.5, 0.6) is 5.75 Å². The van der Waals surface area contributed by atoms with Gasteiger partial charge in [-0.05, 0) is 47.0 Å². The number of nitrogens with one attached hydrogen (secondary N) is 1. The Labute approximate surface area is 189 Å². The number of ether oxygens (including phenoxy) is 2. The van der Waals surface area contributed by atoms with Crippen molar-refractivity contribution in [3.05, 3.63) is 95.6 Å². The van der Waals surface area contributed by atoms with Crippen LogP contribution in [0, 0.1) is 0 Å². The highest BCUT2D eigenvalue weighted by molar-refractivity contribution is 6.24. The van der Waals surface area contributed by atoms with Gasteiger partial charge in [-0.15, -0.1) is 0 Å². The smallest absolute Gasteiger partial charge is 0.252 e. The molecule has 1 N–H and O–H groups in total. The van der Waals surface area contributed by atoms with E-state index in [1.165, 1.54) is 5.69 Å². The molecule has 0 spiro atoms. The average molecular weight is 429 g/mol. The molecule has 5 heteroatoms. The lowest BCUT2D eigenvalue weighted by molar-refractivity contribution is -0.115. The van der Waals surface area contributed by atoms with E-state index in [0.717, 1.165) is 48.7 Å². The lowest BCUT2D eigenvalue weighted by atomic mass is 10.0. The van der Waals surface area contributed by atoms with Gasteiger partial charge in [0.15, 0.2) is 0 Å². The van der Waals surface area contributed by atoms with Crippen LogP contribution in [0.4, 0.5) is 5.69 Å². The van der Waals surface area contributed by atoms with E-state index >= 15 is 0 Å². The minimum atomic E-state index is -0.107. The van der Waals surface area contributed by atoms with Crippen LogP contribution in [0.1, 0.15) is 16.7 Å². The Bertz CT molecular complexity index is 1040. The Morgan fingerprint density at radius 1 is 0.969 bits per heavy atom. The topological polar surface area (TPSA) is 50.8 Å². The summed E-state index contributed by atoms with van der Waals surface area (Å²) in [6.45, 7) is 3.82. The predicted molar refractivity (Wildman–Crippen MR) is 129 cm³/mol. The van der Waals surface area contributed by atoms with Crippen LogP contribution in [0.15, 0.2) is 78.9 Å². The standard InChI is InChI=1S/C27H28N2O3/c1-31-25-13-9-21(10-14-25)19-26(23-5-3-2-4-6-23)27(30)28-20-22-7-11-24(12-8-22)29-15-17-32-18-16-29/h2-14,19H,15-18,20H2,1H3,(H,28,30)/b26-19+. The number of morpholine rings is 1. The first-order chi connectivity index (χ1) is 15.7. The van der Waals surface area contributed by atoms with Gasteiger partial charge >= 0.3 is 0 Å². The van der Waals surface area contributed by atoms with E-state index in [2.05, 4.69) is 34.5 Å². The van der Waals surface area contributed by atoms with Crippen LogP contribution in [-0.4, -0.2) is 39.3 Å². The van der Waals surface area contributed by atoms with Gasteiger partial charge in [-0.2, -0.15) is 0 Å². The van der Waals surface area contributed by atoms with E-state index in [0.29, 0.717) is 12.1 Å². The fourth-order valence-electron chi connectivity index (χ4n) is 3.69. The Balaban J connectivity index is 1.47. The number of methoxy groups -OCH3 is 1. The number of amides is 1. The zero-order valence-electron chi connectivity index (χ0n) is 18.3. The normalized spacial score (nSPS) is 14.2. The molecular weight excluding hydrogens is 400 g/mol. The monoisotopic (exact) mass is 428 g/mol. The maximum atomic E-state index is 13.1. The number of hydrogen-bond acceptors (Lipinski definition) is 4. The molecule has 0 aromatic heterocycles. The average Bonchev–Trinajstić information content (AvgIpc) is 2.87. The zero-order valence-corrected chi connectivity index (χ0v) is 18.3. The van der Waals surface area contributed by atoms with E-state index in [1.807, 2.05) is 60.7 Å². The first-order valence-corrected chi connectivity index (χ1v) is 10.8. The minimum absolute atomic E-state index is 0.107. The molecule has 1 fully saturated rings. The van der Waals surface area contributed by atoms with Gasteiger partial charge in [0.2, 0.25) is 0 Å². The molecule has 0 radical (unpaired) electrons. The van der Waals surface area contributed by atoms with Crippen LogP contribution in [0.25, 0.3) is 11.6 Å². The summed E-state index contributed by atoms with van der Waals surface area (Å²) < 4.78 is 10.7. The zero-order chi connectivity index (χ0) is 22.2. The number of anilines is 1. The molecule has 1 saturated heterocycles. The van der Waals surface area contributed by atoms with Crippen molar-refractivity contribution in [1.82, 2.24) is 5.32 Å². The van der Waals surface area contributed by atoms with Gasteiger partial charge in [0.05, 0.1) is 20.3 Å². The largest absolute Gasteiger partial charge is 0.497 e. The molecule has 0 saturated carbocycles. The quantitative estimate of drug-likeness (QED) is 0.448. The van der Waals surface area contributed by atoms with Gasteiger partial charge in [-0.1, -0.05) is 54.6 Å². The summed E-state index contributed by atoms with van der Waals surface area (Å²) in [7, 11) is 1.64. The highest BCUT2D eigenvalue weighted by Crippen LogP contribution is 2.21. The molecule has 0 bridgehead atoms. The van der Waals surface area contributed by atoms with Crippen molar-refractivity contribution >= 4 is 23.2 Å². The van der Waals surface area contributed by atoms with Gasteiger partial charge in [0.1, 0.15) is 5.75 Å². The first kappa shape index (κ1) is 21.7. The van der Waals surface area contributed by atoms with Crippen molar-refractivity contribution in [3.63, 3.8) is 0 Å². The molecule has 1 heterocycles. The minimum Gasteiger partial charge on any atom is -0.497 e. The van der Waals surface area contributed by atoms with Crippen molar-refractivity contribution in [3.8, 4) is 5.75 Å². The number of benzene rings is 3. The van der Waals surface area contributed by atoms with Crippen molar-refractivity contribution in [2.24, 2.45) is 0 Å². The Hall–Kier alpha value is -3.57. The number of carbonyl (C=O) groups excluding carboxylic acids is 1. The van der Waals surface area contributed by atoms with Crippen molar-refractivity contribution in [1.29, 1.82) is 0 Å². The van der Waals surface area contributed by atoms with Gasteiger partial charge in [0, 0.05) is 30.9 Å². The second-order valence-corrected chi connectivity index (χ2v) is 7.65. The maximum absolute atomic E-state index is 13.1. The first-order valence-electron chi connectivity index (χ1n) is 10.8. The van der Waals surface area contributed by atoms with Gasteiger partial charge in [-0.3, -0.25) is 4.79 Å². The molecule has 0 aliphatic carbocycles. The SMILES string of the molecule is COc1ccc(/C=C(/C(=O)NCc2ccc(N3CCOCC3)cc2)c2ccccc2)cc1. The third-order valence-corrected chi connectivity index (χ3v) is 5.52. The Morgan fingerprint density at radius 3 is 2.31 bits per heavy atom. The third-order valence-electron chi connectivity index (χ3n) is 5.52. The molecule has 1 aliphatic heterocycles. The number of nitrogens with zero attached hydrogens (tertiary/aromatic N) is 1. The highest BCUT2D eigenvalue weighted by atomic mass is 16.5. The van der Waals surface area contributed by atoms with Crippen LogP contribution >= 0.6 is 0 Å². The summed E-state index contributed by atoms with van der Waals surface area (Å²) >= 11 is 0. The fraction of sp³-hybridized carbons (Fsp3) is 0.222. The Morgan fingerprint density at radius 2 is 1.66 bits per heavy atom. The molecule has 164 valence electrons. The van der Waals surface area contributed by atoms with E-state index < -0.39 is 0 Å². The molecule has 3 aromatic carbocycles. The molecule has 0 unspecified atom stereocenters. The van der Waals surface area contributed by atoms with Crippen molar-refractivity contribution < 1.29 is 14.3 Å². The molecule has 32 heavy (non-hydrogen) atoms. The summed E-state index contributed by atoms with van der Waals surface area (Å²) in [6.07, 6.45) is 1.91. The highest BCUT2D eigenvalue weighted by Gasteiger charge is 2.13. The van der Waals surface area contributed by atoms with Crippen molar-refractivity contribution in [2.45, 2.75) is 6.54 Å². The van der Waals surface area contributed by atoms with Crippen LogP contribution in [0.3, 0.4) is 0 Å². The molecule has 5 nitrogen and oxygen atoms in total. The number of carbonyl (C=O) groups is 1. The summed E-state index contributed by atoms with van der Waals surface area (Å²) in [4.78, 5) is 15.4. The third kappa shape index (κ3) is 5.56. The summed E-state index contributed by atoms with van der Waals surface area (Å²) in [6, 6.07) is 25.8. The van der Waals surface area contributed by atoms with Crippen LogP contribution in [0.2, 0.25) is 0 Å². The molecule has 4 rings (SSSR count).